The van der Waals surface area contributed by atoms with Gasteiger partial charge in [0.25, 0.3) is 0 Å². The van der Waals surface area contributed by atoms with Crippen LogP contribution in [0.3, 0.4) is 0 Å². The number of hydrogen-bond acceptors (Lipinski definition) is 3. The number of hydrogen-bond donors (Lipinski definition) is 0. The van der Waals surface area contributed by atoms with Crippen LogP contribution < -0.4 is 0 Å². The largest absolute Gasteiger partial charge is 0.309 e. The number of nitrogens with zero attached hydrogens (tertiary/aromatic N) is 4. The highest BCUT2D eigenvalue weighted by Crippen LogP contribution is 2.56. The number of fused-ring (bicyclic) bond motifs is 7. The van der Waals surface area contributed by atoms with Gasteiger partial charge in [0.2, 0.25) is 0 Å². The van der Waals surface area contributed by atoms with Crippen LogP contribution in [-0.2, 0) is 10.8 Å². The minimum absolute atomic E-state index is 0.0819. The van der Waals surface area contributed by atoms with Crippen LogP contribution in [0.5, 0.6) is 0 Å². The minimum Gasteiger partial charge on any atom is -0.309 e. The van der Waals surface area contributed by atoms with Gasteiger partial charge >= 0.3 is 0 Å². The topological polar surface area (TPSA) is 43.6 Å². The lowest BCUT2D eigenvalue weighted by atomic mass is 9.55. The third-order valence-electron chi connectivity index (χ3n) is 12.2. The van der Waals surface area contributed by atoms with Crippen LogP contribution in [0.1, 0.15) is 38.8 Å². The van der Waals surface area contributed by atoms with Crippen molar-refractivity contribution in [2.75, 3.05) is 0 Å². The number of para-hydroxylation sites is 1. The maximum Gasteiger partial charge on any atom is 0.164 e. The molecule has 1 aliphatic carbocycles. The minimum atomic E-state index is -0.139. The van der Waals surface area contributed by atoms with Gasteiger partial charge in [0, 0.05) is 38.6 Å². The van der Waals surface area contributed by atoms with Crippen molar-refractivity contribution in [3.8, 4) is 62.1 Å². The SMILES string of the molecule is CC1(C)c2ccccc2-c2ccc3c(c2C1(C)C)c1ccccc1n3-c1cccc(-c2nc(-c3ccccc3)nc(-c3cccc(-c4ccccc4)c3)n2)c1. The van der Waals surface area contributed by atoms with Crippen LogP contribution in [0.15, 0.2) is 170 Å². The summed E-state index contributed by atoms with van der Waals surface area (Å²) in [5.41, 5.74) is 13.8. The van der Waals surface area contributed by atoms with Gasteiger partial charge in [0.15, 0.2) is 17.5 Å². The first-order valence-electron chi connectivity index (χ1n) is 19.0. The molecule has 0 spiro atoms. The Morgan fingerprint density at radius 3 is 1.71 bits per heavy atom. The molecule has 0 saturated heterocycles. The van der Waals surface area contributed by atoms with Crippen molar-refractivity contribution in [1.82, 2.24) is 19.5 Å². The molecule has 0 fully saturated rings. The van der Waals surface area contributed by atoms with E-state index in [0.29, 0.717) is 17.5 Å². The smallest absolute Gasteiger partial charge is 0.164 e. The quantitative estimate of drug-likeness (QED) is 0.179. The molecule has 0 unspecified atom stereocenters. The molecule has 0 saturated carbocycles. The molecule has 55 heavy (non-hydrogen) atoms. The van der Waals surface area contributed by atoms with Gasteiger partial charge in [-0.05, 0) is 69.1 Å². The molecule has 264 valence electrons. The molecular weight excluding hydrogens is 669 g/mol. The highest BCUT2D eigenvalue weighted by atomic mass is 15.0. The summed E-state index contributed by atoms with van der Waals surface area (Å²) in [4.78, 5) is 15.3. The molecule has 10 rings (SSSR count). The predicted molar refractivity (Wildman–Crippen MR) is 227 cm³/mol. The molecule has 7 aromatic carbocycles. The van der Waals surface area contributed by atoms with Gasteiger partial charge in [-0.2, -0.15) is 0 Å². The highest BCUT2D eigenvalue weighted by molar-refractivity contribution is 6.13. The van der Waals surface area contributed by atoms with Gasteiger partial charge in [-0.15, -0.1) is 0 Å². The van der Waals surface area contributed by atoms with Gasteiger partial charge in [0.05, 0.1) is 11.0 Å². The summed E-state index contributed by atoms with van der Waals surface area (Å²) in [7, 11) is 0. The Labute approximate surface area is 321 Å². The predicted octanol–water partition coefficient (Wildman–Crippen LogP) is 12.9. The third-order valence-corrected chi connectivity index (χ3v) is 12.2. The molecule has 0 bridgehead atoms. The standard InChI is InChI=1S/C51H40N4/c1-50(2)42-27-13-11-25-39(42)40-29-30-44-45(46(40)51(50,3)4)41-26-12-14-28-43(41)55(44)38-24-16-23-37(32-38)49-53-47(34-19-9-6-10-20-34)52-48(54-49)36-22-15-21-35(31-36)33-17-7-5-8-18-33/h5-32H,1-4H3. The summed E-state index contributed by atoms with van der Waals surface area (Å²) >= 11 is 0. The monoisotopic (exact) mass is 708 g/mol. The van der Waals surface area contributed by atoms with Gasteiger partial charge < -0.3 is 4.57 Å². The molecule has 1 aliphatic rings. The van der Waals surface area contributed by atoms with E-state index in [0.717, 1.165) is 33.5 Å². The summed E-state index contributed by atoms with van der Waals surface area (Å²) in [6.07, 6.45) is 0. The highest BCUT2D eigenvalue weighted by Gasteiger charge is 2.47. The molecule has 0 atom stereocenters. The third kappa shape index (κ3) is 5.16. The summed E-state index contributed by atoms with van der Waals surface area (Å²) in [6, 6.07) is 60.2. The second-order valence-corrected chi connectivity index (χ2v) is 15.7. The Balaban J connectivity index is 1.17. The maximum absolute atomic E-state index is 5.16. The lowest BCUT2D eigenvalue weighted by Crippen LogP contribution is -2.43. The zero-order valence-electron chi connectivity index (χ0n) is 31.5. The maximum atomic E-state index is 5.16. The van der Waals surface area contributed by atoms with Gasteiger partial charge in [-0.3, -0.25) is 0 Å². The Morgan fingerprint density at radius 2 is 0.964 bits per heavy atom. The fourth-order valence-corrected chi connectivity index (χ4v) is 8.73. The van der Waals surface area contributed by atoms with Crippen molar-refractivity contribution in [3.05, 3.63) is 181 Å². The van der Waals surface area contributed by atoms with Gasteiger partial charge in [-0.25, -0.2) is 15.0 Å². The summed E-state index contributed by atoms with van der Waals surface area (Å²) < 4.78 is 2.42. The molecule has 4 heteroatoms. The van der Waals surface area contributed by atoms with E-state index >= 15 is 0 Å². The molecular formula is C51H40N4. The van der Waals surface area contributed by atoms with Crippen LogP contribution in [-0.4, -0.2) is 19.5 Å². The van der Waals surface area contributed by atoms with E-state index in [9.17, 15) is 0 Å². The fourth-order valence-electron chi connectivity index (χ4n) is 8.73. The zero-order valence-corrected chi connectivity index (χ0v) is 31.5. The molecule has 9 aromatic rings. The van der Waals surface area contributed by atoms with E-state index in [1.54, 1.807) is 0 Å². The second kappa shape index (κ2) is 12.5. The summed E-state index contributed by atoms with van der Waals surface area (Å²) in [5, 5.41) is 2.58. The van der Waals surface area contributed by atoms with Crippen molar-refractivity contribution in [2.45, 2.75) is 38.5 Å². The van der Waals surface area contributed by atoms with Crippen LogP contribution in [0.25, 0.3) is 83.9 Å². The summed E-state index contributed by atoms with van der Waals surface area (Å²) in [6.45, 7) is 9.65. The van der Waals surface area contributed by atoms with Crippen LogP contribution >= 0.6 is 0 Å². The van der Waals surface area contributed by atoms with Crippen LogP contribution in [0.4, 0.5) is 0 Å². The summed E-state index contributed by atoms with van der Waals surface area (Å²) in [5.74, 6) is 1.92. The first-order chi connectivity index (χ1) is 26.8. The first-order valence-corrected chi connectivity index (χ1v) is 19.0. The van der Waals surface area contributed by atoms with Gasteiger partial charge in [-0.1, -0.05) is 167 Å². The molecule has 2 heterocycles. The normalized spacial score (nSPS) is 14.1. The van der Waals surface area contributed by atoms with Crippen molar-refractivity contribution >= 4 is 21.8 Å². The second-order valence-electron chi connectivity index (χ2n) is 15.7. The molecule has 0 radical (unpaired) electrons. The van der Waals surface area contributed by atoms with E-state index in [1.165, 1.54) is 44.1 Å². The molecule has 2 aromatic heterocycles. The molecule has 0 amide bonds. The van der Waals surface area contributed by atoms with Crippen molar-refractivity contribution in [1.29, 1.82) is 0 Å². The molecule has 0 aliphatic heterocycles. The zero-order chi connectivity index (χ0) is 37.3. The van der Waals surface area contributed by atoms with Crippen molar-refractivity contribution in [2.24, 2.45) is 0 Å². The fraction of sp³-hybridized carbons (Fsp3) is 0.118. The average Bonchev–Trinajstić information content (AvgIpc) is 3.58. The van der Waals surface area contributed by atoms with Crippen molar-refractivity contribution in [3.63, 3.8) is 0 Å². The van der Waals surface area contributed by atoms with Crippen LogP contribution in [0, 0.1) is 0 Å². The van der Waals surface area contributed by atoms with E-state index in [1.807, 2.05) is 24.3 Å². The van der Waals surface area contributed by atoms with Crippen LogP contribution in [0.2, 0.25) is 0 Å². The van der Waals surface area contributed by atoms with E-state index in [2.05, 4.69) is 178 Å². The van der Waals surface area contributed by atoms with Gasteiger partial charge in [0.1, 0.15) is 0 Å². The number of rotatable bonds is 5. The first kappa shape index (κ1) is 33.0. The Bertz CT molecular complexity index is 2920. The number of aromatic nitrogens is 4. The Kier molecular flexibility index (Phi) is 7.47. The van der Waals surface area contributed by atoms with E-state index < -0.39 is 0 Å². The Morgan fingerprint density at radius 1 is 0.400 bits per heavy atom. The average molecular weight is 709 g/mol. The molecule has 0 N–H and O–H groups in total. The van der Waals surface area contributed by atoms with E-state index in [-0.39, 0.29) is 10.8 Å². The van der Waals surface area contributed by atoms with Crippen molar-refractivity contribution < 1.29 is 0 Å². The lowest BCUT2D eigenvalue weighted by Gasteiger charge is -2.48. The van der Waals surface area contributed by atoms with E-state index in [4.69, 9.17) is 15.0 Å². The number of benzene rings is 7. The molecule has 4 nitrogen and oxygen atoms in total. The lowest BCUT2D eigenvalue weighted by molar-refractivity contribution is 0.301. The Hall–Kier alpha value is -6.65.